The number of halogens is 2. The van der Waals surface area contributed by atoms with E-state index in [4.69, 9.17) is 11.6 Å². The maximum Gasteiger partial charge on any atom is 0.325 e. The Morgan fingerprint density at radius 3 is 2.49 bits per heavy atom. The molecule has 4 rings (SSSR count). The molecule has 0 N–H and O–H groups in total. The van der Waals surface area contributed by atoms with Crippen LogP contribution in [0.5, 0.6) is 0 Å². The van der Waals surface area contributed by atoms with Crippen LogP contribution in [0.2, 0.25) is 5.02 Å². The van der Waals surface area contributed by atoms with Gasteiger partial charge in [0, 0.05) is 43.9 Å². The molecule has 1 unspecified atom stereocenters. The van der Waals surface area contributed by atoms with Crippen LogP contribution in [0.1, 0.15) is 24.5 Å². The van der Waals surface area contributed by atoms with Crippen molar-refractivity contribution in [3.05, 3.63) is 88.8 Å². The molecule has 9 heteroatoms. The number of amides is 3. The van der Waals surface area contributed by atoms with Crippen LogP contribution in [0.4, 0.5) is 20.7 Å². The topological polar surface area (TPSA) is 73.8 Å². The predicted molar refractivity (Wildman–Crippen MR) is 140 cm³/mol. The van der Waals surface area contributed by atoms with Crippen LogP contribution in [0.25, 0.3) is 0 Å². The first-order valence-corrected chi connectivity index (χ1v) is 11.9. The quantitative estimate of drug-likeness (QED) is 0.376. The molecule has 3 aromatic rings. The van der Waals surface area contributed by atoms with Gasteiger partial charge in [-0.3, -0.25) is 14.6 Å². The third-order valence-corrected chi connectivity index (χ3v) is 6.54. The number of carbonyl (C=O) groups is 3. The molecular weight excluding hydrogens is 495 g/mol. The molecule has 0 spiro atoms. The Bertz CT molecular complexity index is 1370. The average Bonchev–Trinajstić information content (AvgIpc) is 2.89. The Morgan fingerprint density at radius 2 is 1.84 bits per heavy atom. The number of benzene rings is 2. The molecule has 1 saturated heterocycles. The standard InChI is InChI=1S/C28H24ClFN4O3/c1-28(13-17-35)26(36)33(24-10-6-7-14-31-24)15-16-34(28)27(37)32(2)25-22(29)18-21(19-23(25)30)12-11-20-8-4-3-5-9-20/h3-10,14,17-19H,13,15-16H2,1-2H3. The minimum Gasteiger partial charge on any atom is -0.308 e. The van der Waals surface area contributed by atoms with Crippen molar-refractivity contribution in [2.45, 2.75) is 18.9 Å². The summed E-state index contributed by atoms with van der Waals surface area (Å²) in [5.74, 6) is 5.04. The van der Waals surface area contributed by atoms with Gasteiger partial charge >= 0.3 is 6.03 Å². The number of hydrogen-bond donors (Lipinski definition) is 0. The van der Waals surface area contributed by atoms with Crippen LogP contribution < -0.4 is 9.80 Å². The number of aldehydes is 1. The van der Waals surface area contributed by atoms with Crippen LogP contribution in [-0.2, 0) is 9.59 Å². The summed E-state index contributed by atoms with van der Waals surface area (Å²) in [5, 5.41) is -0.0104. The van der Waals surface area contributed by atoms with Crippen LogP contribution in [0.15, 0.2) is 66.9 Å². The summed E-state index contributed by atoms with van der Waals surface area (Å²) < 4.78 is 15.2. The van der Waals surface area contributed by atoms with Gasteiger partial charge in [-0.25, -0.2) is 14.2 Å². The molecule has 2 heterocycles. The molecule has 1 aliphatic heterocycles. The fourth-order valence-corrected chi connectivity index (χ4v) is 4.59. The SMILES string of the molecule is CN(C(=O)N1CCN(c2ccccn2)C(=O)C1(C)CC=O)c1c(F)cc(C#Cc2ccccc2)cc1Cl. The lowest BCUT2D eigenvalue weighted by Crippen LogP contribution is -2.68. The second-order valence-corrected chi connectivity index (χ2v) is 9.09. The van der Waals surface area contributed by atoms with Crippen molar-refractivity contribution in [1.82, 2.24) is 9.88 Å². The van der Waals surface area contributed by atoms with E-state index in [-0.39, 0.29) is 30.2 Å². The Hall–Kier alpha value is -4.22. The first kappa shape index (κ1) is 25.9. The van der Waals surface area contributed by atoms with Gasteiger partial charge in [-0.15, -0.1) is 0 Å². The van der Waals surface area contributed by atoms with Gasteiger partial charge in [0.05, 0.1) is 10.7 Å². The summed E-state index contributed by atoms with van der Waals surface area (Å²) in [6.07, 6.45) is 1.91. The van der Waals surface area contributed by atoms with Crippen LogP contribution in [0, 0.1) is 17.7 Å². The number of aromatic nitrogens is 1. The largest absolute Gasteiger partial charge is 0.325 e. The fraction of sp³-hybridized carbons (Fsp3) is 0.214. The zero-order chi connectivity index (χ0) is 26.6. The van der Waals surface area contributed by atoms with Gasteiger partial charge in [0.1, 0.15) is 23.5 Å². The molecule has 37 heavy (non-hydrogen) atoms. The van der Waals surface area contributed by atoms with Crippen molar-refractivity contribution in [2.24, 2.45) is 0 Å². The van der Waals surface area contributed by atoms with E-state index in [1.165, 1.54) is 35.9 Å². The molecule has 1 aliphatic rings. The van der Waals surface area contributed by atoms with Gasteiger partial charge in [0.2, 0.25) is 0 Å². The van der Waals surface area contributed by atoms with Crippen LogP contribution in [-0.4, -0.2) is 53.8 Å². The molecule has 0 bridgehead atoms. The van der Waals surface area contributed by atoms with E-state index in [2.05, 4.69) is 16.8 Å². The van der Waals surface area contributed by atoms with Gasteiger partial charge in [-0.05, 0) is 43.3 Å². The van der Waals surface area contributed by atoms with Gasteiger partial charge in [-0.1, -0.05) is 47.7 Å². The molecule has 3 amide bonds. The van der Waals surface area contributed by atoms with Gasteiger partial charge in [0.25, 0.3) is 5.91 Å². The summed E-state index contributed by atoms with van der Waals surface area (Å²) in [7, 11) is 1.37. The van der Waals surface area contributed by atoms with E-state index in [0.29, 0.717) is 17.7 Å². The third kappa shape index (κ3) is 5.18. The maximum atomic E-state index is 15.2. The van der Waals surface area contributed by atoms with Gasteiger partial charge < -0.3 is 9.69 Å². The number of hydrogen-bond acceptors (Lipinski definition) is 4. The van der Waals surface area contributed by atoms with Crippen molar-refractivity contribution in [1.29, 1.82) is 0 Å². The number of urea groups is 1. The average molecular weight is 519 g/mol. The molecule has 0 saturated carbocycles. The molecule has 188 valence electrons. The van der Waals surface area contributed by atoms with E-state index in [1.807, 2.05) is 30.3 Å². The minimum absolute atomic E-state index is 0.0104. The van der Waals surface area contributed by atoms with E-state index in [9.17, 15) is 14.4 Å². The predicted octanol–water partition coefficient (Wildman–Crippen LogP) is 4.53. The summed E-state index contributed by atoms with van der Waals surface area (Å²) in [6.45, 7) is 1.79. The number of carbonyl (C=O) groups excluding carboxylic acids is 3. The second-order valence-electron chi connectivity index (χ2n) is 8.69. The highest BCUT2D eigenvalue weighted by atomic mass is 35.5. The first-order chi connectivity index (χ1) is 17.8. The molecule has 1 fully saturated rings. The summed E-state index contributed by atoms with van der Waals surface area (Å²) >= 11 is 6.40. The molecule has 0 aliphatic carbocycles. The Kier molecular flexibility index (Phi) is 7.55. The summed E-state index contributed by atoms with van der Waals surface area (Å²) in [5.41, 5.74) is -0.530. The molecule has 7 nitrogen and oxygen atoms in total. The van der Waals surface area contributed by atoms with Crippen molar-refractivity contribution in [2.75, 3.05) is 29.9 Å². The minimum atomic E-state index is -1.49. The van der Waals surface area contributed by atoms with Crippen molar-refractivity contribution in [3.63, 3.8) is 0 Å². The highest BCUT2D eigenvalue weighted by molar-refractivity contribution is 6.34. The van der Waals surface area contributed by atoms with Crippen LogP contribution >= 0.6 is 11.6 Å². The molecular formula is C28H24ClFN4O3. The maximum absolute atomic E-state index is 15.2. The number of nitrogens with zero attached hydrogens (tertiary/aromatic N) is 4. The highest BCUT2D eigenvalue weighted by Crippen LogP contribution is 2.34. The highest BCUT2D eigenvalue weighted by Gasteiger charge is 2.49. The zero-order valence-electron chi connectivity index (χ0n) is 20.3. The van der Waals surface area contributed by atoms with E-state index < -0.39 is 23.3 Å². The number of rotatable bonds is 4. The molecule has 1 atom stereocenters. The number of piperazine rings is 1. The number of pyridine rings is 1. The number of anilines is 2. The van der Waals surface area contributed by atoms with E-state index >= 15 is 4.39 Å². The van der Waals surface area contributed by atoms with E-state index in [1.54, 1.807) is 24.4 Å². The van der Waals surface area contributed by atoms with Crippen molar-refractivity contribution >= 4 is 41.3 Å². The lowest BCUT2D eigenvalue weighted by molar-refractivity contribution is -0.133. The van der Waals surface area contributed by atoms with Gasteiger partial charge in [-0.2, -0.15) is 0 Å². The molecule has 0 radical (unpaired) electrons. The fourth-order valence-electron chi connectivity index (χ4n) is 4.25. The van der Waals surface area contributed by atoms with Crippen molar-refractivity contribution in [3.8, 4) is 11.8 Å². The lowest BCUT2D eigenvalue weighted by atomic mass is 9.91. The molecule has 1 aromatic heterocycles. The smallest absolute Gasteiger partial charge is 0.308 e. The lowest BCUT2D eigenvalue weighted by Gasteiger charge is -2.47. The Labute approximate surface area is 219 Å². The van der Waals surface area contributed by atoms with Gasteiger partial charge in [0.15, 0.2) is 0 Å². The summed E-state index contributed by atoms with van der Waals surface area (Å²) in [4.78, 5) is 46.6. The third-order valence-electron chi connectivity index (χ3n) is 6.25. The first-order valence-electron chi connectivity index (χ1n) is 11.5. The summed E-state index contributed by atoms with van der Waals surface area (Å²) in [6, 6.07) is 16.4. The van der Waals surface area contributed by atoms with Crippen LogP contribution in [0.3, 0.4) is 0 Å². The zero-order valence-corrected chi connectivity index (χ0v) is 21.1. The molecule has 2 aromatic carbocycles. The monoisotopic (exact) mass is 518 g/mol. The second kappa shape index (κ2) is 10.8. The Balaban J connectivity index is 1.61. The normalized spacial score (nSPS) is 17.1. The Morgan fingerprint density at radius 1 is 1.14 bits per heavy atom. The van der Waals surface area contributed by atoms with Crippen molar-refractivity contribution < 1.29 is 18.8 Å². The van der Waals surface area contributed by atoms with E-state index in [0.717, 1.165) is 10.5 Å².